The van der Waals surface area contributed by atoms with Crippen LogP contribution < -0.4 is 0 Å². The van der Waals surface area contributed by atoms with Crippen LogP contribution in [0.15, 0.2) is 24.4 Å². The Balaban J connectivity index is 2.57. The molecule has 0 amide bonds. The third kappa shape index (κ3) is 2.17. The number of aromatic nitrogens is 2. The lowest BCUT2D eigenvalue weighted by Crippen LogP contribution is -2.02. The minimum Gasteiger partial charge on any atom is -0.476 e. The number of carbonyl (C=O) groups is 1. The minimum atomic E-state index is -1.03. The molecule has 0 radical (unpaired) electrons. The number of hydrogen-bond acceptors (Lipinski definition) is 2. The number of nitrogens with zero attached hydrogens (tertiary/aromatic N) is 2. The standard InChI is InChI=1S/C12H11ClN2O2/c1-7-3-4-9(13)5-10(7)15-6-8(2)11(14-15)12(16)17/h3-6H,1-2H3,(H,16,17). The fourth-order valence-corrected chi connectivity index (χ4v) is 1.79. The number of aryl methyl sites for hydroxylation is 2. The van der Waals surface area contributed by atoms with E-state index >= 15 is 0 Å². The molecular weight excluding hydrogens is 240 g/mol. The zero-order valence-electron chi connectivity index (χ0n) is 9.44. The van der Waals surface area contributed by atoms with Gasteiger partial charge in [-0.2, -0.15) is 5.10 Å². The van der Waals surface area contributed by atoms with E-state index in [4.69, 9.17) is 16.7 Å². The van der Waals surface area contributed by atoms with Gasteiger partial charge in [-0.1, -0.05) is 17.7 Å². The van der Waals surface area contributed by atoms with E-state index < -0.39 is 5.97 Å². The van der Waals surface area contributed by atoms with E-state index in [9.17, 15) is 4.79 Å². The van der Waals surface area contributed by atoms with Gasteiger partial charge in [0.25, 0.3) is 0 Å². The van der Waals surface area contributed by atoms with E-state index in [0.717, 1.165) is 11.3 Å². The van der Waals surface area contributed by atoms with Crippen LogP contribution in [-0.2, 0) is 0 Å². The van der Waals surface area contributed by atoms with Gasteiger partial charge in [0.2, 0.25) is 0 Å². The van der Waals surface area contributed by atoms with Gasteiger partial charge in [0.1, 0.15) is 0 Å². The first kappa shape index (κ1) is 11.7. The molecule has 1 heterocycles. The van der Waals surface area contributed by atoms with Gasteiger partial charge in [0.15, 0.2) is 5.69 Å². The van der Waals surface area contributed by atoms with E-state index in [1.807, 2.05) is 13.0 Å². The molecule has 0 aliphatic rings. The third-order valence-corrected chi connectivity index (χ3v) is 2.75. The van der Waals surface area contributed by atoms with Crippen LogP contribution in [0, 0.1) is 13.8 Å². The van der Waals surface area contributed by atoms with Gasteiger partial charge in [-0.15, -0.1) is 0 Å². The van der Waals surface area contributed by atoms with Gasteiger partial charge in [-0.25, -0.2) is 9.48 Å². The number of hydrogen-bond donors (Lipinski definition) is 1. The zero-order valence-corrected chi connectivity index (χ0v) is 10.2. The Kier molecular flexibility index (Phi) is 2.90. The van der Waals surface area contributed by atoms with E-state index in [0.29, 0.717) is 10.6 Å². The van der Waals surface area contributed by atoms with Crippen molar-refractivity contribution in [2.24, 2.45) is 0 Å². The topological polar surface area (TPSA) is 55.1 Å². The summed E-state index contributed by atoms with van der Waals surface area (Å²) in [7, 11) is 0. The van der Waals surface area contributed by atoms with Crippen LogP contribution in [0.2, 0.25) is 5.02 Å². The van der Waals surface area contributed by atoms with Crippen molar-refractivity contribution in [1.82, 2.24) is 9.78 Å². The van der Waals surface area contributed by atoms with E-state index in [2.05, 4.69) is 5.10 Å². The molecule has 17 heavy (non-hydrogen) atoms. The molecule has 0 atom stereocenters. The molecule has 0 spiro atoms. The highest BCUT2D eigenvalue weighted by Gasteiger charge is 2.14. The summed E-state index contributed by atoms with van der Waals surface area (Å²) in [6.07, 6.45) is 1.68. The molecule has 0 unspecified atom stereocenters. The number of carboxylic acid groups (broad SMARTS) is 1. The average molecular weight is 251 g/mol. The van der Waals surface area contributed by atoms with Crippen LogP contribution in [0.1, 0.15) is 21.6 Å². The van der Waals surface area contributed by atoms with Crippen molar-refractivity contribution in [3.05, 3.63) is 46.2 Å². The Hall–Kier alpha value is -1.81. The Morgan fingerprint density at radius 2 is 2.06 bits per heavy atom. The summed E-state index contributed by atoms with van der Waals surface area (Å²) >= 11 is 5.92. The molecule has 0 saturated carbocycles. The second-order valence-electron chi connectivity index (χ2n) is 3.84. The summed E-state index contributed by atoms with van der Waals surface area (Å²) in [4.78, 5) is 10.9. The van der Waals surface area contributed by atoms with Gasteiger partial charge >= 0.3 is 5.97 Å². The number of rotatable bonds is 2. The molecule has 0 aliphatic heterocycles. The molecule has 0 fully saturated rings. The van der Waals surface area contributed by atoms with Crippen molar-refractivity contribution >= 4 is 17.6 Å². The smallest absolute Gasteiger partial charge is 0.356 e. The monoisotopic (exact) mass is 250 g/mol. The lowest BCUT2D eigenvalue weighted by molar-refractivity contribution is 0.0689. The maximum Gasteiger partial charge on any atom is 0.356 e. The summed E-state index contributed by atoms with van der Waals surface area (Å²) in [5, 5.41) is 13.6. The predicted molar refractivity (Wildman–Crippen MR) is 65.0 cm³/mol. The molecule has 0 aliphatic carbocycles. The minimum absolute atomic E-state index is 0.0596. The molecule has 0 bridgehead atoms. The Labute approximate surface area is 103 Å². The van der Waals surface area contributed by atoms with E-state index in [-0.39, 0.29) is 5.69 Å². The van der Waals surface area contributed by atoms with Crippen LogP contribution in [-0.4, -0.2) is 20.9 Å². The molecule has 5 heteroatoms. The number of aromatic carboxylic acids is 1. The third-order valence-electron chi connectivity index (χ3n) is 2.52. The highest BCUT2D eigenvalue weighted by molar-refractivity contribution is 6.30. The molecule has 1 N–H and O–H groups in total. The summed E-state index contributed by atoms with van der Waals surface area (Å²) < 4.78 is 1.54. The first-order chi connectivity index (χ1) is 7.99. The van der Waals surface area contributed by atoms with Crippen molar-refractivity contribution < 1.29 is 9.90 Å². The summed E-state index contributed by atoms with van der Waals surface area (Å²) in [6, 6.07) is 5.42. The Bertz CT molecular complexity index is 590. The van der Waals surface area contributed by atoms with Crippen LogP contribution in [0.4, 0.5) is 0 Å². The van der Waals surface area contributed by atoms with Crippen molar-refractivity contribution in [3.63, 3.8) is 0 Å². The number of benzene rings is 1. The summed E-state index contributed by atoms with van der Waals surface area (Å²) in [5.74, 6) is -1.03. The Morgan fingerprint density at radius 1 is 1.35 bits per heavy atom. The van der Waals surface area contributed by atoms with Crippen LogP contribution in [0.3, 0.4) is 0 Å². The van der Waals surface area contributed by atoms with Crippen LogP contribution in [0.25, 0.3) is 5.69 Å². The van der Waals surface area contributed by atoms with Gasteiger partial charge in [-0.05, 0) is 31.5 Å². The molecule has 2 rings (SSSR count). The van der Waals surface area contributed by atoms with Gasteiger partial charge in [0.05, 0.1) is 5.69 Å². The van der Waals surface area contributed by atoms with Crippen molar-refractivity contribution in [3.8, 4) is 5.69 Å². The molecule has 2 aromatic rings. The van der Waals surface area contributed by atoms with Gasteiger partial charge < -0.3 is 5.11 Å². The SMILES string of the molecule is Cc1ccc(Cl)cc1-n1cc(C)c(C(=O)O)n1. The predicted octanol–water partition coefficient (Wildman–Crippen LogP) is 2.84. The Morgan fingerprint density at radius 3 is 2.65 bits per heavy atom. The second-order valence-corrected chi connectivity index (χ2v) is 4.28. The lowest BCUT2D eigenvalue weighted by atomic mass is 10.2. The van der Waals surface area contributed by atoms with Gasteiger partial charge in [-0.3, -0.25) is 0 Å². The fourth-order valence-electron chi connectivity index (χ4n) is 1.62. The van der Waals surface area contributed by atoms with Crippen LogP contribution in [0.5, 0.6) is 0 Å². The lowest BCUT2D eigenvalue weighted by Gasteiger charge is -2.05. The summed E-state index contributed by atoms with van der Waals surface area (Å²) in [6.45, 7) is 3.63. The van der Waals surface area contributed by atoms with Crippen molar-refractivity contribution in [2.45, 2.75) is 13.8 Å². The first-order valence-electron chi connectivity index (χ1n) is 5.05. The largest absolute Gasteiger partial charge is 0.476 e. The van der Waals surface area contributed by atoms with Crippen LogP contribution >= 0.6 is 11.6 Å². The molecule has 1 aromatic carbocycles. The average Bonchev–Trinajstić information content (AvgIpc) is 2.64. The fraction of sp³-hybridized carbons (Fsp3) is 0.167. The second kappa shape index (κ2) is 4.22. The quantitative estimate of drug-likeness (QED) is 0.892. The first-order valence-corrected chi connectivity index (χ1v) is 5.43. The molecular formula is C12H11ClN2O2. The molecule has 0 saturated heterocycles. The maximum absolute atomic E-state index is 10.9. The van der Waals surface area contributed by atoms with Crippen molar-refractivity contribution in [1.29, 1.82) is 0 Å². The number of halogens is 1. The molecule has 88 valence electrons. The highest BCUT2D eigenvalue weighted by Crippen LogP contribution is 2.20. The zero-order chi connectivity index (χ0) is 12.6. The van der Waals surface area contributed by atoms with Crippen molar-refractivity contribution in [2.75, 3.05) is 0 Å². The normalized spacial score (nSPS) is 10.5. The van der Waals surface area contributed by atoms with E-state index in [1.54, 1.807) is 29.9 Å². The summed E-state index contributed by atoms with van der Waals surface area (Å²) in [5.41, 5.74) is 2.45. The maximum atomic E-state index is 10.9. The van der Waals surface area contributed by atoms with E-state index in [1.165, 1.54) is 0 Å². The van der Waals surface area contributed by atoms with Gasteiger partial charge in [0, 0.05) is 16.8 Å². The molecule has 4 nitrogen and oxygen atoms in total. The number of carboxylic acids is 1. The highest BCUT2D eigenvalue weighted by atomic mass is 35.5. The molecule has 1 aromatic heterocycles.